The fraction of sp³-hybridized carbons (Fsp3) is 1.00. The first-order chi connectivity index (χ1) is 11.3. The number of hydrogen-bond donors (Lipinski definition) is 3. The van der Waals surface area contributed by atoms with Gasteiger partial charge < -0.3 is 20.9 Å². The second kappa shape index (κ2) is 14.2. The van der Waals surface area contributed by atoms with Crippen molar-refractivity contribution < 1.29 is 9.84 Å². The molecule has 0 amide bonds. The van der Waals surface area contributed by atoms with Crippen LogP contribution in [0.1, 0.15) is 84.0 Å². The molecule has 0 aliphatic carbocycles. The van der Waals surface area contributed by atoms with Crippen molar-refractivity contribution in [2.45, 2.75) is 102 Å². The van der Waals surface area contributed by atoms with Crippen LogP contribution in [0.15, 0.2) is 0 Å². The van der Waals surface area contributed by atoms with Crippen molar-refractivity contribution in [3.05, 3.63) is 0 Å². The van der Waals surface area contributed by atoms with Gasteiger partial charge in [-0.2, -0.15) is 0 Å². The third-order valence-electron chi connectivity index (χ3n) is 4.87. The van der Waals surface area contributed by atoms with Crippen LogP contribution in [0, 0.1) is 0 Å². The van der Waals surface area contributed by atoms with E-state index in [-0.39, 0.29) is 12.1 Å². The van der Waals surface area contributed by atoms with Crippen molar-refractivity contribution in [1.82, 2.24) is 5.32 Å². The van der Waals surface area contributed by atoms with Crippen molar-refractivity contribution in [2.24, 2.45) is 5.73 Å². The zero-order valence-corrected chi connectivity index (χ0v) is 15.3. The number of aliphatic hydroxyl groups is 1. The molecule has 4 nitrogen and oxygen atoms in total. The SMILES string of the molecule is CCCCCCCCCCCCCCNC[C@@H]1OC[C@H](N)[C@@H]1O. The zero-order valence-electron chi connectivity index (χ0n) is 15.3. The average Bonchev–Trinajstić information content (AvgIpc) is 2.87. The van der Waals surface area contributed by atoms with Crippen LogP contribution < -0.4 is 11.1 Å². The summed E-state index contributed by atoms with van der Waals surface area (Å²) in [5, 5.41) is 13.1. The molecule has 4 N–H and O–H groups in total. The number of nitrogens with one attached hydrogen (secondary N) is 1. The Balaban J connectivity index is 1.73. The lowest BCUT2D eigenvalue weighted by Gasteiger charge is -2.15. The molecular formula is C19H40N2O2. The second-order valence-electron chi connectivity index (χ2n) is 7.12. The molecule has 0 aromatic carbocycles. The molecule has 1 aliphatic heterocycles. The number of rotatable bonds is 15. The lowest BCUT2D eigenvalue weighted by molar-refractivity contribution is 0.0419. The van der Waals surface area contributed by atoms with Crippen LogP contribution in [-0.4, -0.2) is 43.1 Å². The van der Waals surface area contributed by atoms with Crippen molar-refractivity contribution >= 4 is 0 Å². The maximum Gasteiger partial charge on any atom is 0.0987 e. The molecule has 23 heavy (non-hydrogen) atoms. The summed E-state index contributed by atoms with van der Waals surface area (Å²) in [7, 11) is 0. The molecule has 0 saturated carbocycles. The second-order valence-corrected chi connectivity index (χ2v) is 7.12. The molecule has 1 heterocycles. The van der Waals surface area contributed by atoms with Crippen molar-refractivity contribution in [3.8, 4) is 0 Å². The normalized spacial score (nSPS) is 24.4. The average molecular weight is 329 g/mol. The Hall–Kier alpha value is -0.160. The van der Waals surface area contributed by atoms with Gasteiger partial charge in [0.1, 0.15) is 0 Å². The van der Waals surface area contributed by atoms with Gasteiger partial charge in [-0.3, -0.25) is 0 Å². The fourth-order valence-electron chi connectivity index (χ4n) is 3.22. The van der Waals surface area contributed by atoms with E-state index in [1.54, 1.807) is 0 Å². The summed E-state index contributed by atoms with van der Waals surface area (Å²) in [6.07, 6.45) is 15.9. The van der Waals surface area contributed by atoms with E-state index in [2.05, 4.69) is 12.2 Å². The van der Waals surface area contributed by atoms with Crippen LogP contribution in [0.3, 0.4) is 0 Å². The third kappa shape index (κ3) is 10.3. The number of unbranched alkanes of at least 4 members (excludes halogenated alkanes) is 11. The summed E-state index contributed by atoms with van der Waals surface area (Å²) in [6, 6.07) is -0.214. The van der Waals surface area contributed by atoms with Crippen LogP contribution in [0.25, 0.3) is 0 Å². The van der Waals surface area contributed by atoms with E-state index in [1.165, 1.54) is 77.0 Å². The molecule has 0 bridgehead atoms. The first-order valence-corrected chi connectivity index (χ1v) is 10.0. The maximum atomic E-state index is 9.77. The first kappa shape index (κ1) is 20.9. The summed E-state index contributed by atoms with van der Waals surface area (Å²) in [4.78, 5) is 0. The highest BCUT2D eigenvalue weighted by molar-refractivity contribution is 4.87. The molecule has 138 valence electrons. The Morgan fingerprint density at radius 3 is 1.91 bits per heavy atom. The molecule has 1 saturated heterocycles. The van der Waals surface area contributed by atoms with Gasteiger partial charge in [-0.15, -0.1) is 0 Å². The Kier molecular flexibility index (Phi) is 12.9. The molecule has 0 aromatic heterocycles. The van der Waals surface area contributed by atoms with E-state index < -0.39 is 6.10 Å². The Morgan fingerprint density at radius 1 is 0.913 bits per heavy atom. The van der Waals surface area contributed by atoms with Gasteiger partial charge >= 0.3 is 0 Å². The summed E-state index contributed by atoms with van der Waals surface area (Å²) in [5.74, 6) is 0. The number of nitrogens with two attached hydrogens (primary N) is 1. The number of aliphatic hydroxyl groups excluding tert-OH is 1. The van der Waals surface area contributed by atoms with Crippen LogP contribution >= 0.6 is 0 Å². The summed E-state index contributed by atoms with van der Waals surface area (Å²) in [5.41, 5.74) is 5.72. The van der Waals surface area contributed by atoms with Gasteiger partial charge in [-0.25, -0.2) is 0 Å². The van der Waals surface area contributed by atoms with Crippen molar-refractivity contribution in [2.75, 3.05) is 19.7 Å². The predicted octanol–water partition coefficient (Wildman–Crippen LogP) is 3.36. The van der Waals surface area contributed by atoms with Crippen LogP contribution in [-0.2, 0) is 4.74 Å². The van der Waals surface area contributed by atoms with Crippen molar-refractivity contribution in [1.29, 1.82) is 0 Å². The number of hydrogen-bond acceptors (Lipinski definition) is 4. The van der Waals surface area contributed by atoms with Crippen LogP contribution in [0.2, 0.25) is 0 Å². The van der Waals surface area contributed by atoms with Crippen LogP contribution in [0.4, 0.5) is 0 Å². The van der Waals surface area contributed by atoms with Gasteiger partial charge in [-0.05, 0) is 13.0 Å². The van der Waals surface area contributed by atoms with E-state index in [4.69, 9.17) is 10.5 Å². The van der Waals surface area contributed by atoms with Crippen LogP contribution in [0.5, 0.6) is 0 Å². The minimum atomic E-state index is -0.510. The lowest BCUT2D eigenvalue weighted by atomic mass is 10.1. The van der Waals surface area contributed by atoms with Gasteiger partial charge in [0, 0.05) is 6.54 Å². The highest BCUT2D eigenvalue weighted by atomic mass is 16.5. The predicted molar refractivity (Wildman–Crippen MR) is 97.7 cm³/mol. The Morgan fingerprint density at radius 2 is 1.43 bits per heavy atom. The zero-order chi connectivity index (χ0) is 16.8. The van der Waals surface area contributed by atoms with Gasteiger partial charge in [0.15, 0.2) is 0 Å². The molecule has 1 fully saturated rings. The van der Waals surface area contributed by atoms with E-state index in [0.29, 0.717) is 13.2 Å². The Bertz CT molecular complexity index is 264. The quantitative estimate of drug-likeness (QED) is 0.403. The fourth-order valence-corrected chi connectivity index (χ4v) is 3.22. The molecule has 1 aliphatic rings. The minimum Gasteiger partial charge on any atom is -0.389 e. The summed E-state index contributed by atoms with van der Waals surface area (Å²) < 4.78 is 5.45. The largest absolute Gasteiger partial charge is 0.389 e. The molecule has 0 radical (unpaired) electrons. The summed E-state index contributed by atoms with van der Waals surface area (Å²) in [6.45, 7) is 4.48. The maximum absolute atomic E-state index is 9.77. The summed E-state index contributed by atoms with van der Waals surface area (Å²) >= 11 is 0. The number of ether oxygens (including phenoxy) is 1. The van der Waals surface area contributed by atoms with Crippen molar-refractivity contribution in [3.63, 3.8) is 0 Å². The highest BCUT2D eigenvalue weighted by Crippen LogP contribution is 2.13. The van der Waals surface area contributed by atoms with Gasteiger partial charge in [0.2, 0.25) is 0 Å². The molecule has 0 aromatic rings. The van der Waals surface area contributed by atoms with E-state index in [9.17, 15) is 5.11 Å². The van der Waals surface area contributed by atoms with Gasteiger partial charge in [0.25, 0.3) is 0 Å². The van der Waals surface area contributed by atoms with E-state index >= 15 is 0 Å². The molecule has 4 heteroatoms. The monoisotopic (exact) mass is 328 g/mol. The van der Waals surface area contributed by atoms with E-state index in [0.717, 1.165) is 6.54 Å². The smallest absolute Gasteiger partial charge is 0.0987 e. The highest BCUT2D eigenvalue weighted by Gasteiger charge is 2.32. The van der Waals surface area contributed by atoms with Gasteiger partial charge in [-0.1, -0.05) is 77.6 Å². The standard InChI is InChI=1S/C19H40N2O2/c1-2-3-4-5-6-7-8-9-10-11-12-13-14-21-15-18-19(22)17(20)16-23-18/h17-19,21-22H,2-16,20H2,1H3/t17-,18-,19-/m0/s1. The topological polar surface area (TPSA) is 67.5 Å². The third-order valence-corrected chi connectivity index (χ3v) is 4.87. The van der Waals surface area contributed by atoms with Gasteiger partial charge in [0.05, 0.1) is 24.9 Å². The van der Waals surface area contributed by atoms with E-state index in [1.807, 2.05) is 0 Å². The molecular weight excluding hydrogens is 288 g/mol. The molecule has 0 unspecified atom stereocenters. The molecule has 3 atom stereocenters. The molecule has 1 rings (SSSR count). The first-order valence-electron chi connectivity index (χ1n) is 10.0. The molecule has 0 spiro atoms. The Labute approximate surface area is 143 Å². The lowest BCUT2D eigenvalue weighted by Crippen LogP contribution is -2.41. The minimum absolute atomic E-state index is 0.123.